The van der Waals surface area contributed by atoms with Crippen LogP contribution in [-0.4, -0.2) is 39.5 Å². The maximum atomic E-state index is 12.3. The number of halogens is 1. The summed E-state index contributed by atoms with van der Waals surface area (Å²) in [4.78, 5) is 21.7. The van der Waals surface area contributed by atoms with Gasteiger partial charge in [-0.05, 0) is 44.7 Å². The highest BCUT2D eigenvalue weighted by molar-refractivity contribution is 6.33. The Kier molecular flexibility index (Phi) is 9.81. The predicted octanol–water partition coefficient (Wildman–Crippen LogP) is 4.17. The van der Waals surface area contributed by atoms with Crippen LogP contribution in [0, 0.1) is 0 Å². The van der Waals surface area contributed by atoms with Gasteiger partial charge >= 0.3 is 5.97 Å². The van der Waals surface area contributed by atoms with Crippen LogP contribution in [0.15, 0.2) is 35.5 Å². The third-order valence-electron chi connectivity index (χ3n) is 3.55. The second kappa shape index (κ2) is 11.8. The van der Waals surface area contributed by atoms with Crippen LogP contribution >= 0.6 is 11.6 Å². The fourth-order valence-electron chi connectivity index (χ4n) is 2.33. The van der Waals surface area contributed by atoms with E-state index in [0.717, 1.165) is 18.9 Å². The van der Waals surface area contributed by atoms with E-state index < -0.39 is 11.7 Å². The quantitative estimate of drug-likeness (QED) is 0.336. The van der Waals surface area contributed by atoms with Gasteiger partial charge in [0.1, 0.15) is 22.8 Å². The minimum absolute atomic E-state index is 0.0634. The molecule has 8 heteroatoms. The number of aromatic hydroxyl groups is 2. The summed E-state index contributed by atoms with van der Waals surface area (Å²) in [6.07, 6.45) is 9.33. The van der Waals surface area contributed by atoms with Gasteiger partial charge in [-0.3, -0.25) is 0 Å². The number of cyclic esters (lactones) is 1. The number of esters is 1. The summed E-state index contributed by atoms with van der Waals surface area (Å²) >= 11 is 6.08. The van der Waals surface area contributed by atoms with Crippen molar-refractivity contribution in [3.8, 4) is 11.5 Å². The molecule has 1 aliphatic rings. The van der Waals surface area contributed by atoms with E-state index in [1.54, 1.807) is 12.2 Å². The molecule has 1 heterocycles. The molecule has 1 aromatic rings. The summed E-state index contributed by atoms with van der Waals surface area (Å²) in [6, 6.07) is 0.986. The number of phenols is 2. The first-order valence-corrected chi connectivity index (χ1v) is 9.07. The van der Waals surface area contributed by atoms with Crippen molar-refractivity contribution in [2.45, 2.75) is 39.5 Å². The summed E-state index contributed by atoms with van der Waals surface area (Å²) < 4.78 is 5.17. The van der Waals surface area contributed by atoms with Crippen molar-refractivity contribution in [3.63, 3.8) is 0 Å². The zero-order valence-electron chi connectivity index (χ0n) is 15.8. The van der Waals surface area contributed by atoms with E-state index in [1.807, 2.05) is 12.2 Å². The van der Waals surface area contributed by atoms with E-state index in [1.165, 1.54) is 13.8 Å². The number of hydrogen-bond acceptors (Lipinski definition) is 7. The number of benzene rings is 1. The van der Waals surface area contributed by atoms with Gasteiger partial charge < -0.3 is 25.0 Å². The number of oxime groups is 1. The third kappa shape index (κ3) is 7.44. The number of hydrogen-bond donors (Lipinski definition) is 3. The van der Waals surface area contributed by atoms with Crippen molar-refractivity contribution in [2.75, 3.05) is 6.61 Å². The number of carbonyl (C=O) groups excluding carboxylic acids is 2. The highest BCUT2D eigenvalue weighted by atomic mass is 35.5. The molecule has 28 heavy (non-hydrogen) atoms. The van der Waals surface area contributed by atoms with Gasteiger partial charge in [0.05, 0.1) is 17.3 Å². The van der Waals surface area contributed by atoms with Crippen molar-refractivity contribution in [1.29, 1.82) is 0 Å². The Balaban J connectivity index is 0.000000892. The largest absolute Gasteiger partial charge is 0.507 e. The smallest absolute Gasteiger partial charge is 0.342 e. The van der Waals surface area contributed by atoms with Crippen LogP contribution in [0.2, 0.25) is 5.02 Å². The number of phenolic OH excluding ortho intramolecular Hbond substituents is 2. The van der Waals surface area contributed by atoms with Crippen LogP contribution in [0.1, 0.15) is 49.0 Å². The van der Waals surface area contributed by atoms with Crippen molar-refractivity contribution < 1.29 is 29.7 Å². The lowest BCUT2D eigenvalue weighted by molar-refractivity contribution is -0.115. The van der Waals surface area contributed by atoms with Gasteiger partial charge in [0.15, 0.2) is 0 Å². The molecule has 0 atom stereocenters. The summed E-state index contributed by atoms with van der Waals surface area (Å²) in [7, 11) is 0. The average molecular weight is 410 g/mol. The number of allylic oxidation sites excluding steroid dienone is 4. The lowest BCUT2D eigenvalue weighted by Gasteiger charge is -2.14. The molecule has 0 aliphatic carbocycles. The fraction of sp³-hybridized carbons (Fsp3) is 0.350. The molecule has 2 rings (SSSR count). The van der Waals surface area contributed by atoms with Gasteiger partial charge in [-0.25, -0.2) is 4.79 Å². The monoisotopic (exact) mass is 409 g/mol. The van der Waals surface area contributed by atoms with E-state index in [0.29, 0.717) is 6.42 Å². The first-order valence-electron chi connectivity index (χ1n) is 8.69. The molecule has 0 radical (unpaired) electrons. The molecule has 3 N–H and O–H groups in total. The van der Waals surface area contributed by atoms with Crippen LogP contribution in [0.3, 0.4) is 0 Å². The van der Waals surface area contributed by atoms with E-state index in [2.05, 4.69) is 5.16 Å². The highest BCUT2D eigenvalue weighted by Crippen LogP contribution is 2.37. The van der Waals surface area contributed by atoms with Crippen molar-refractivity contribution in [1.82, 2.24) is 0 Å². The fourth-order valence-corrected chi connectivity index (χ4v) is 2.55. The molecular formula is C20H24ClNO6. The van der Waals surface area contributed by atoms with E-state index >= 15 is 0 Å². The Morgan fingerprint density at radius 2 is 1.86 bits per heavy atom. The highest BCUT2D eigenvalue weighted by Gasteiger charge is 2.24. The van der Waals surface area contributed by atoms with E-state index in [4.69, 9.17) is 21.5 Å². The number of Topliss-reactive ketones (excluding diaryl/α,β-unsaturated/α-hetero) is 1. The number of ketones is 1. The molecule has 0 saturated heterocycles. The minimum Gasteiger partial charge on any atom is -0.507 e. The Labute approximate surface area is 168 Å². The van der Waals surface area contributed by atoms with Crippen LogP contribution in [0.5, 0.6) is 11.5 Å². The van der Waals surface area contributed by atoms with Gasteiger partial charge in [0.2, 0.25) is 0 Å². The van der Waals surface area contributed by atoms with Crippen LogP contribution in [-0.2, 0) is 16.0 Å². The summed E-state index contributed by atoms with van der Waals surface area (Å²) in [5.74, 6) is -1.38. The second-order valence-electron chi connectivity index (χ2n) is 6.18. The Morgan fingerprint density at radius 1 is 1.18 bits per heavy atom. The first-order chi connectivity index (χ1) is 13.3. The molecule has 0 bridgehead atoms. The number of rotatable bonds is 0. The Bertz CT molecular complexity index is 794. The Morgan fingerprint density at radius 3 is 2.50 bits per heavy atom. The molecule has 1 aliphatic heterocycles. The second-order valence-corrected chi connectivity index (χ2v) is 6.56. The molecule has 7 nitrogen and oxygen atoms in total. The van der Waals surface area contributed by atoms with Gasteiger partial charge in [0.25, 0.3) is 0 Å². The summed E-state index contributed by atoms with van der Waals surface area (Å²) in [5, 5.41) is 32.1. The minimum atomic E-state index is -0.738. The number of carbonyl (C=O) groups is 2. The third-order valence-corrected chi connectivity index (χ3v) is 3.97. The number of nitrogens with zero attached hydrogens (tertiary/aromatic N) is 1. The van der Waals surface area contributed by atoms with Gasteiger partial charge in [0, 0.05) is 12.5 Å². The molecule has 1 aromatic carbocycles. The van der Waals surface area contributed by atoms with E-state index in [-0.39, 0.29) is 46.4 Å². The molecule has 0 fully saturated rings. The zero-order chi connectivity index (χ0) is 21.1. The number of fused-ring (bicyclic) bond motifs is 1. The molecule has 0 amide bonds. The SMILES string of the molecule is CC(C)=O.O=C1OCCCC\C=C/C=C/C(=N\O)Cc2c(Cl)c(O)cc(O)c21. The van der Waals surface area contributed by atoms with Crippen molar-refractivity contribution >= 4 is 29.1 Å². The molecule has 0 saturated carbocycles. The zero-order valence-corrected chi connectivity index (χ0v) is 16.6. The topological polar surface area (TPSA) is 116 Å². The normalized spacial score (nSPS) is 18.7. The molecule has 152 valence electrons. The van der Waals surface area contributed by atoms with Crippen molar-refractivity contribution in [3.05, 3.63) is 46.5 Å². The molecular weight excluding hydrogens is 386 g/mol. The lowest BCUT2D eigenvalue weighted by atomic mass is 9.99. The first kappa shape index (κ1) is 23.2. The maximum absolute atomic E-state index is 12.3. The summed E-state index contributed by atoms with van der Waals surface area (Å²) in [6.45, 7) is 3.26. The summed E-state index contributed by atoms with van der Waals surface area (Å²) in [5.41, 5.74) is 0.204. The van der Waals surface area contributed by atoms with Crippen LogP contribution in [0.25, 0.3) is 0 Å². The number of ether oxygens (including phenoxy) is 1. The predicted molar refractivity (Wildman–Crippen MR) is 106 cm³/mol. The van der Waals surface area contributed by atoms with E-state index in [9.17, 15) is 19.8 Å². The van der Waals surface area contributed by atoms with Crippen LogP contribution in [0.4, 0.5) is 0 Å². The van der Waals surface area contributed by atoms with Crippen LogP contribution < -0.4 is 0 Å². The van der Waals surface area contributed by atoms with Gasteiger partial charge in [-0.1, -0.05) is 35.0 Å². The average Bonchev–Trinajstić information content (AvgIpc) is 2.62. The molecule has 0 spiro atoms. The Hall–Kier alpha value is -2.80. The van der Waals surface area contributed by atoms with Gasteiger partial charge in [-0.15, -0.1) is 0 Å². The van der Waals surface area contributed by atoms with Gasteiger partial charge in [-0.2, -0.15) is 0 Å². The maximum Gasteiger partial charge on any atom is 0.342 e. The lowest BCUT2D eigenvalue weighted by Crippen LogP contribution is -2.13. The van der Waals surface area contributed by atoms with Crippen molar-refractivity contribution in [2.24, 2.45) is 5.16 Å². The molecule has 0 unspecified atom stereocenters. The molecule has 0 aromatic heterocycles. The standard InChI is InChI=1S/C17H18ClNO5.C3H6O/c18-16-12-9-11(19-23)7-5-3-1-2-4-6-8-24-17(22)15(12)13(20)10-14(16)21;1-3(2)4/h1,3,5,7,10,20-21,23H,2,4,6,8-9H2;1-2H3/b3-1-,7-5+,19-11+;.